The van der Waals surface area contributed by atoms with Crippen LogP contribution in [0.2, 0.25) is 0 Å². The molecule has 0 heterocycles. The number of fused-ring (bicyclic) bond motifs is 7. The van der Waals surface area contributed by atoms with Gasteiger partial charge < -0.3 is 0 Å². The van der Waals surface area contributed by atoms with Crippen molar-refractivity contribution in [1.82, 2.24) is 0 Å². The topological polar surface area (TPSA) is 0 Å². The maximum absolute atomic E-state index is 2.36. The molecule has 0 atom stereocenters. The van der Waals surface area contributed by atoms with Crippen molar-refractivity contribution < 1.29 is 0 Å². The summed E-state index contributed by atoms with van der Waals surface area (Å²) in [6.45, 7) is 2.18. The summed E-state index contributed by atoms with van der Waals surface area (Å²) in [6.07, 6.45) is 0. The van der Waals surface area contributed by atoms with E-state index in [4.69, 9.17) is 0 Å². The Balaban J connectivity index is 1.83. The van der Waals surface area contributed by atoms with Crippen LogP contribution < -0.4 is 0 Å². The van der Waals surface area contributed by atoms with E-state index in [0.29, 0.717) is 0 Å². The zero-order valence-electron chi connectivity index (χ0n) is 16.3. The molecule has 29 heavy (non-hydrogen) atoms. The van der Waals surface area contributed by atoms with Crippen molar-refractivity contribution in [3.05, 3.63) is 109 Å². The van der Waals surface area contributed by atoms with E-state index >= 15 is 0 Å². The summed E-state index contributed by atoms with van der Waals surface area (Å²) < 4.78 is 0. The van der Waals surface area contributed by atoms with Gasteiger partial charge in [-0.3, -0.25) is 0 Å². The van der Waals surface area contributed by atoms with Gasteiger partial charge >= 0.3 is 0 Å². The Morgan fingerprint density at radius 2 is 0.931 bits per heavy atom. The van der Waals surface area contributed by atoms with Gasteiger partial charge in [-0.1, -0.05) is 103 Å². The molecular formula is C29H20. The molecule has 0 saturated carbocycles. The third-order valence-corrected chi connectivity index (χ3v) is 6.06. The molecule has 0 aliphatic rings. The molecule has 0 saturated heterocycles. The molecule has 0 radical (unpaired) electrons. The van der Waals surface area contributed by atoms with Gasteiger partial charge in [-0.25, -0.2) is 0 Å². The number of rotatable bonds is 1. The van der Waals surface area contributed by atoms with Crippen LogP contribution in [0, 0.1) is 6.92 Å². The predicted molar refractivity (Wildman–Crippen MR) is 127 cm³/mol. The number of hydrogen-bond acceptors (Lipinski definition) is 0. The molecule has 0 aromatic heterocycles. The van der Waals surface area contributed by atoms with Gasteiger partial charge in [-0.15, -0.1) is 0 Å². The molecule has 136 valence electrons. The van der Waals surface area contributed by atoms with Gasteiger partial charge in [0.15, 0.2) is 0 Å². The first-order valence-corrected chi connectivity index (χ1v) is 10.1. The van der Waals surface area contributed by atoms with Gasteiger partial charge in [0, 0.05) is 0 Å². The van der Waals surface area contributed by atoms with Crippen LogP contribution in [-0.2, 0) is 0 Å². The molecule has 6 aromatic rings. The molecule has 0 N–H and O–H groups in total. The van der Waals surface area contributed by atoms with Crippen molar-refractivity contribution in [1.29, 1.82) is 0 Å². The Labute approximate surface area is 170 Å². The number of hydrogen-bond donors (Lipinski definition) is 0. The van der Waals surface area contributed by atoms with Crippen LogP contribution in [0.3, 0.4) is 0 Å². The van der Waals surface area contributed by atoms with Crippen LogP contribution in [0.4, 0.5) is 0 Å². The molecule has 0 aliphatic heterocycles. The summed E-state index contributed by atoms with van der Waals surface area (Å²) in [6, 6.07) is 37.8. The Hall–Kier alpha value is -3.64. The highest BCUT2D eigenvalue weighted by Crippen LogP contribution is 2.38. The first kappa shape index (κ1) is 16.3. The van der Waals surface area contributed by atoms with Gasteiger partial charge in [0.05, 0.1) is 0 Å². The Morgan fingerprint density at radius 1 is 0.414 bits per heavy atom. The molecule has 6 aromatic carbocycles. The van der Waals surface area contributed by atoms with Crippen molar-refractivity contribution in [2.24, 2.45) is 0 Å². The lowest BCUT2D eigenvalue weighted by molar-refractivity contribution is 1.51. The first-order valence-electron chi connectivity index (χ1n) is 10.1. The van der Waals surface area contributed by atoms with Crippen molar-refractivity contribution in [2.45, 2.75) is 6.92 Å². The molecule has 0 bridgehead atoms. The van der Waals surface area contributed by atoms with Crippen molar-refractivity contribution in [3.8, 4) is 11.1 Å². The van der Waals surface area contributed by atoms with Crippen LogP contribution in [-0.4, -0.2) is 0 Å². The number of aryl methyl sites for hydroxylation is 1. The van der Waals surface area contributed by atoms with Crippen LogP contribution in [0.5, 0.6) is 0 Å². The highest BCUT2D eigenvalue weighted by Gasteiger charge is 2.10. The lowest BCUT2D eigenvalue weighted by Gasteiger charge is -2.13. The highest BCUT2D eigenvalue weighted by molar-refractivity contribution is 6.27. The van der Waals surface area contributed by atoms with Crippen molar-refractivity contribution >= 4 is 43.1 Å². The first-order chi connectivity index (χ1) is 14.3. The molecule has 0 amide bonds. The van der Waals surface area contributed by atoms with Gasteiger partial charge in [-0.2, -0.15) is 0 Å². The SMILES string of the molecule is Cc1ccc2ccc3ccc4ccc5ccc(-c6ccccc6)cc5c4c3c2c1. The van der Waals surface area contributed by atoms with E-state index < -0.39 is 0 Å². The standard InChI is InChI=1S/C29H20/c1-19-7-8-21-9-12-23-14-15-24-13-10-22-11-16-25(20-5-3-2-4-6-20)18-27(22)29(24)28(23)26(21)17-19/h2-18H,1H3. The molecule has 0 heteroatoms. The number of benzene rings is 6. The molecule has 6 rings (SSSR count). The second-order valence-corrected chi connectivity index (χ2v) is 7.92. The monoisotopic (exact) mass is 368 g/mol. The minimum atomic E-state index is 1.26. The molecule has 0 spiro atoms. The van der Waals surface area contributed by atoms with Crippen molar-refractivity contribution in [3.63, 3.8) is 0 Å². The van der Waals surface area contributed by atoms with E-state index in [0.717, 1.165) is 0 Å². The average Bonchev–Trinajstić information content (AvgIpc) is 2.78. The Kier molecular flexibility index (Phi) is 3.48. The molecule has 0 unspecified atom stereocenters. The van der Waals surface area contributed by atoms with Crippen molar-refractivity contribution in [2.75, 3.05) is 0 Å². The lowest BCUT2D eigenvalue weighted by Crippen LogP contribution is -1.85. The van der Waals surface area contributed by atoms with Crippen LogP contribution in [0.15, 0.2) is 103 Å². The summed E-state index contributed by atoms with van der Waals surface area (Å²) in [5.41, 5.74) is 3.82. The fraction of sp³-hybridized carbons (Fsp3) is 0.0345. The maximum Gasteiger partial charge on any atom is -0.00203 e. The van der Waals surface area contributed by atoms with E-state index in [1.165, 1.54) is 59.8 Å². The summed E-state index contributed by atoms with van der Waals surface area (Å²) in [5, 5.41) is 10.6. The van der Waals surface area contributed by atoms with Gasteiger partial charge in [-0.05, 0) is 67.2 Å². The lowest BCUT2D eigenvalue weighted by atomic mass is 9.91. The summed E-state index contributed by atoms with van der Waals surface area (Å²) in [5.74, 6) is 0. The third-order valence-electron chi connectivity index (χ3n) is 6.06. The van der Waals surface area contributed by atoms with E-state index in [1.54, 1.807) is 0 Å². The molecular weight excluding hydrogens is 348 g/mol. The highest BCUT2D eigenvalue weighted by atomic mass is 14.1. The second kappa shape index (κ2) is 6.18. The summed E-state index contributed by atoms with van der Waals surface area (Å²) >= 11 is 0. The van der Waals surface area contributed by atoms with E-state index in [-0.39, 0.29) is 0 Å². The van der Waals surface area contributed by atoms with Crippen LogP contribution >= 0.6 is 0 Å². The molecule has 0 nitrogen and oxygen atoms in total. The maximum atomic E-state index is 2.36. The van der Waals surface area contributed by atoms with Gasteiger partial charge in [0.1, 0.15) is 0 Å². The molecule has 0 fully saturated rings. The van der Waals surface area contributed by atoms with E-state index in [1.807, 2.05) is 0 Å². The normalized spacial score (nSPS) is 11.6. The van der Waals surface area contributed by atoms with Gasteiger partial charge in [0.25, 0.3) is 0 Å². The molecule has 0 aliphatic carbocycles. The third kappa shape index (κ3) is 2.53. The minimum Gasteiger partial charge on any atom is -0.0622 e. The minimum absolute atomic E-state index is 1.26. The fourth-order valence-corrected chi connectivity index (χ4v) is 4.61. The zero-order chi connectivity index (χ0) is 19.4. The average molecular weight is 368 g/mol. The Morgan fingerprint density at radius 3 is 1.59 bits per heavy atom. The van der Waals surface area contributed by atoms with Crippen LogP contribution in [0.25, 0.3) is 54.2 Å². The zero-order valence-corrected chi connectivity index (χ0v) is 16.3. The smallest absolute Gasteiger partial charge is 0.00203 e. The quantitative estimate of drug-likeness (QED) is 0.256. The second-order valence-electron chi connectivity index (χ2n) is 7.92. The summed E-state index contributed by atoms with van der Waals surface area (Å²) in [4.78, 5) is 0. The fourth-order valence-electron chi connectivity index (χ4n) is 4.61. The van der Waals surface area contributed by atoms with E-state index in [2.05, 4.69) is 110 Å². The van der Waals surface area contributed by atoms with E-state index in [9.17, 15) is 0 Å². The Bertz CT molecular complexity index is 1530. The largest absolute Gasteiger partial charge is 0.0622 e. The predicted octanol–water partition coefficient (Wildman–Crippen LogP) is 8.27. The summed E-state index contributed by atoms with van der Waals surface area (Å²) in [7, 11) is 0. The van der Waals surface area contributed by atoms with Gasteiger partial charge in [0.2, 0.25) is 0 Å². The van der Waals surface area contributed by atoms with Crippen LogP contribution in [0.1, 0.15) is 5.56 Å².